The molecule has 0 radical (unpaired) electrons. The molecule has 0 saturated carbocycles. The molecule has 84 valence electrons. The Labute approximate surface area is 87.4 Å². The van der Waals surface area contributed by atoms with Gasteiger partial charge in [0.2, 0.25) is 5.91 Å². The van der Waals surface area contributed by atoms with Gasteiger partial charge in [0, 0.05) is 18.0 Å². The molecule has 0 aromatic rings. The molecule has 0 heterocycles. The van der Waals surface area contributed by atoms with Crippen LogP contribution in [0.5, 0.6) is 0 Å². The lowest BCUT2D eigenvalue weighted by molar-refractivity contribution is -0.122. The summed E-state index contributed by atoms with van der Waals surface area (Å²) in [5.41, 5.74) is 5.55. The summed E-state index contributed by atoms with van der Waals surface area (Å²) in [6.07, 6.45) is 3.25. The summed E-state index contributed by atoms with van der Waals surface area (Å²) in [6, 6.07) is 0.323. The van der Waals surface area contributed by atoms with E-state index in [9.17, 15) is 4.79 Å². The highest BCUT2D eigenvalue weighted by molar-refractivity contribution is 5.76. The molecule has 3 N–H and O–H groups in total. The molecule has 1 amide bonds. The zero-order valence-corrected chi connectivity index (χ0v) is 9.89. The monoisotopic (exact) mass is 200 g/mol. The maximum atomic E-state index is 11.5. The van der Waals surface area contributed by atoms with Crippen LogP contribution >= 0.6 is 0 Å². The van der Waals surface area contributed by atoms with Gasteiger partial charge in [0.15, 0.2) is 0 Å². The van der Waals surface area contributed by atoms with Gasteiger partial charge in [-0.1, -0.05) is 13.8 Å². The molecule has 3 heteroatoms. The zero-order valence-electron chi connectivity index (χ0n) is 9.89. The minimum Gasteiger partial charge on any atom is -0.353 e. The standard InChI is InChI=1S/C11H24N2O/c1-5-9(6-2)13-10(14)7-8-11(3,4)12/h9H,5-8,12H2,1-4H3,(H,13,14). The van der Waals surface area contributed by atoms with Crippen molar-refractivity contribution in [3.8, 4) is 0 Å². The third-order valence-corrected chi connectivity index (χ3v) is 2.35. The topological polar surface area (TPSA) is 55.1 Å². The molecule has 0 aliphatic rings. The quantitative estimate of drug-likeness (QED) is 0.687. The summed E-state index contributed by atoms with van der Waals surface area (Å²) in [7, 11) is 0. The van der Waals surface area contributed by atoms with E-state index in [1.807, 2.05) is 13.8 Å². The number of carbonyl (C=O) groups excluding carboxylic acids is 1. The van der Waals surface area contributed by atoms with E-state index in [1.165, 1.54) is 0 Å². The van der Waals surface area contributed by atoms with E-state index < -0.39 is 0 Å². The predicted molar refractivity (Wildman–Crippen MR) is 60.0 cm³/mol. The van der Waals surface area contributed by atoms with Gasteiger partial charge >= 0.3 is 0 Å². The van der Waals surface area contributed by atoms with Crippen molar-refractivity contribution in [2.75, 3.05) is 0 Å². The molecule has 0 bridgehead atoms. The Morgan fingerprint density at radius 1 is 1.36 bits per heavy atom. The molecule has 0 fully saturated rings. The molecule has 3 nitrogen and oxygen atoms in total. The van der Waals surface area contributed by atoms with E-state index in [0.29, 0.717) is 12.5 Å². The van der Waals surface area contributed by atoms with Crippen LogP contribution in [-0.4, -0.2) is 17.5 Å². The third-order valence-electron chi connectivity index (χ3n) is 2.35. The number of carbonyl (C=O) groups is 1. The SMILES string of the molecule is CCC(CC)NC(=O)CCC(C)(C)N. The van der Waals surface area contributed by atoms with Gasteiger partial charge in [0.25, 0.3) is 0 Å². The highest BCUT2D eigenvalue weighted by Crippen LogP contribution is 2.07. The third kappa shape index (κ3) is 6.89. The number of hydrogen-bond acceptors (Lipinski definition) is 2. The fourth-order valence-electron chi connectivity index (χ4n) is 1.23. The van der Waals surface area contributed by atoms with Crippen LogP contribution in [0.2, 0.25) is 0 Å². The Morgan fingerprint density at radius 2 is 1.86 bits per heavy atom. The summed E-state index contributed by atoms with van der Waals surface area (Å²) in [4.78, 5) is 11.5. The number of nitrogens with one attached hydrogen (secondary N) is 1. The largest absolute Gasteiger partial charge is 0.353 e. The Morgan fingerprint density at radius 3 is 2.21 bits per heavy atom. The van der Waals surface area contributed by atoms with Gasteiger partial charge in [-0.2, -0.15) is 0 Å². The highest BCUT2D eigenvalue weighted by atomic mass is 16.1. The predicted octanol–water partition coefficient (Wildman–Crippen LogP) is 1.81. The molecule has 0 atom stereocenters. The van der Waals surface area contributed by atoms with Gasteiger partial charge in [-0.25, -0.2) is 0 Å². The van der Waals surface area contributed by atoms with Crippen molar-refractivity contribution in [3.63, 3.8) is 0 Å². The zero-order chi connectivity index (χ0) is 11.2. The van der Waals surface area contributed by atoms with Gasteiger partial charge in [-0.05, 0) is 33.1 Å². The highest BCUT2D eigenvalue weighted by Gasteiger charge is 2.14. The molecule has 0 aromatic carbocycles. The van der Waals surface area contributed by atoms with Crippen LogP contribution in [0.25, 0.3) is 0 Å². The number of hydrogen-bond donors (Lipinski definition) is 2. The Kier molecular flexibility index (Phi) is 5.77. The van der Waals surface area contributed by atoms with E-state index in [2.05, 4.69) is 19.2 Å². The molecule has 0 saturated heterocycles. The van der Waals surface area contributed by atoms with Crippen LogP contribution in [0.3, 0.4) is 0 Å². The van der Waals surface area contributed by atoms with E-state index in [-0.39, 0.29) is 11.4 Å². The number of rotatable bonds is 6. The Balaban J connectivity index is 3.75. The fraction of sp³-hybridized carbons (Fsp3) is 0.909. The summed E-state index contributed by atoms with van der Waals surface area (Å²) in [6.45, 7) is 8.05. The average Bonchev–Trinajstić information content (AvgIpc) is 2.09. The van der Waals surface area contributed by atoms with Crippen molar-refractivity contribution in [2.45, 2.75) is 65.0 Å². The number of nitrogens with two attached hydrogens (primary N) is 1. The van der Waals surface area contributed by atoms with Crippen LogP contribution in [0.15, 0.2) is 0 Å². The van der Waals surface area contributed by atoms with Gasteiger partial charge in [0.05, 0.1) is 0 Å². The minimum atomic E-state index is -0.245. The van der Waals surface area contributed by atoms with Crippen molar-refractivity contribution in [3.05, 3.63) is 0 Å². The van der Waals surface area contributed by atoms with E-state index in [1.54, 1.807) is 0 Å². The average molecular weight is 200 g/mol. The lowest BCUT2D eigenvalue weighted by atomic mass is 10.00. The normalized spacial score (nSPS) is 11.9. The summed E-state index contributed by atoms with van der Waals surface area (Å²) < 4.78 is 0. The summed E-state index contributed by atoms with van der Waals surface area (Å²) >= 11 is 0. The molecular weight excluding hydrogens is 176 g/mol. The van der Waals surface area contributed by atoms with E-state index in [0.717, 1.165) is 19.3 Å². The molecule has 0 unspecified atom stereocenters. The van der Waals surface area contributed by atoms with Crippen LogP contribution in [0, 0.1) is 0 Å². The molecule has 0 spiro atoms. The molecular formula is C11H24N2O. The van der Waals surface area contributed by atoms with Gasteiger partial charge in [-0.3, -0.25) is 4.79 Å². The van der Waals surface area contributed by atoms with Crippen LogP contribution in [0.4, 0.5) is 0 Å². The first-order valence-corrected chi connectivity index (χ1v) is 5.47. The second-order valence-electron chi connectivity index (χ2n) is 4.57. The first-order chi connectivity index (χ1) is 6.39. The van der Waals surface area contributed by atoms with Crippen molar-refractivity contribution in [1.29, 1.82) is 0 Å². The maximum absolute atomic E-state index is 11.5. The van der Waals surface area contributed by atoms with Crippen molar-refractivity contribution in [2.24, 2.45) is 5.73 Å². The van der Waals surface area contributed by atoms with Crippen LogP contribution < -0.4 is 11.1 Å². The fourth-order valence-corrected chi connectivity index (χ4v) is 1.23. The Hall–Kier alpha value is -0.570. The second-order valence-corrected chi connectivity index (χ2v) is 4.57. The smallest absolute Gasteiger partial charge is 0.220 e. The Bertz CT molecular complexity index is 169. The molecule has 14 heavy (non-hydrogen) atoms. The summed E-state index contributed by atoms with van der Waals surface area (Å²) in [5, 5.41) is 2.99. The molecule has 0 aliphatic carbocycles. The van der Waals surface area contributed by atoms with Crippen molar-refractivity contribution < 1.29 is 4.79 Å². The van der Waals surface area contributed by atoms with Crippen molar-refractivity contribution >= 4 is 5.91 Å². The number of amides is 1. The second kappa shape index (κ2) is 6.02. The molecule has 0 aliphatic heterocycles. The van der Waals surface area contributed by atoms with Gasteiger partial charge < -0.3 is 11.1 Å². The lowest BCUT2D eigenvalue weighted by Crippen LogP contribution is -2.37. The van der Waals surface area contributed by atoms with Crippen LogP contribution in [-0.2, 0) is 4.79 Å². The van der Waals surface area contributed by atoms with Crippen LogP contribution in [0.1, 0.15) is 53.4 Å². The van der Waals surface area contributed by atoms with Crippen molar-refractivity contribution in [1.82, 2.24) is 5.32 Å². The minimum absolute atomic E-state index is 0.122. The van der Waals surface area contributed by atoms with E-state index >= 15 is 0 Å². The van der Waals surface area contributed by atoms with Gasteiger partial charge in [0.1, 0.15) is 0 Å². The van der Waals surface area contributed by atoms with E-state index in [4.69, 9.17) is 5.73 Å². The van der Waals surface area contributed by atoms with Gasteiger partial charge in [-0.15, -0.1) is 0 Å². The first kappa shape index (κ1) is 13.4. The summed E-state index contributed by atoms with van der Waals surface area (Å²) in [5.74, 6) is 0.122. The lowest BCUT2D eigenvalue weighted by Gasteiger charge is -2.19. The molecule has 0 aromatic heterocycles. The first-order valence-electron chi connectivity index (χ1n) is 5.47. The molecule has 0 rings (SSSR count). The maximum Gasteiger partial charge on any atom is 0.220 e.